The van der Waals surface area contributed by atoms with Gasteiger partial charge in [0.05, 0.1) is 17.1 Å². The summed E-state index contributed by atoms with van der Waals surface area (Å²) in [4.78, 5) is 11.8. The maximum Gasteiger partial charge on any atom is 0.303 e. The van der Waals surface area contributed by atoms with Gasteiger partial charge in [-0.25, -0.2) is 14.4 Å². The van der Waals surface area contributed by atoms with E-state index < -0.39 is 28.9 Å². The molecule has 0 amide bonds. The molecular formula is C30H37F3N4O2. The Morgan fingerprint density at radius 3 is 2.49 bits per heavy atom. The van der Waals surface area contributed by atoms with E-state index in [1.165, 1.54) is 23.3 Å². The molecule has 1 unspecified atom stereocenters. The molecule has 39 heavy (non-hydrogen) atoms. The van der Waals surface area contributed by atoms with E-state index in [4.69, 9.17) is 4.98 Å². The van der Waals surface area contributed by atoms with Crippen LogP contribution in [0.25, 0.3) is 10.9 Å². The van der Waals surface area contributed by atoms with Gasteiger partial charge in [-0.3, -0.25) is 0 Å². The van der Waals surface area contributed by atoms with Gasteiger partial charge in [-0.05, 0) is 89.0 Å². The molecule has 1 aromatic heterocycles. The summed E-state index contributed by atoms with van der Waals surface area (Å²) in [7, 11) is 0. The summed E-state index contributed by atoms with van der Waals surface area (Å²) in [5.74, 6) is -3.39. The van der Waals surface area contributed by atoms with E-state index >= 15 is 4.39 Å². The number of benzene rings is 2. The zero-order valence-electron chi connectivity index (χ0n) is 23.0. The first-order chi connectivity index (χ1) is 18.4. The van der Waals surface area contributed by atoms with E-state index in [1.54, 1.807) is 6.92 Å². The van der Waals surface area contributed by atoms with Crippen molar-refractivity contribution in [2.24, 2.45) is 5.92 Å². The van der Waals surface area contributed by atoms with E-state index in [2.05, 4.69) is 21.3 Å². The van der Waals surface area contributed by atoms with Crippen LogP contribution in [-0.4, -0.2) is 45.5 Å². The Morgan fingerprint density at radius 1 is 1.13 bits per heavy atom. The Labute approximate surface area is 227 Å². The third kappa shape index (κ3) is 4.95. The molecule has 1 saturated heterocycles. The standard InChI is InChI=1S/C30H37F3N4O2/c1-17(20-7-6-10-24(26(20)31)30(32,33)29(3,4)39)34-28-23-15-25(37-13-11-19(16-38)12-14-37)21-8-5-9-22(21)27(23)35-18(2)36-28/h6-7,10,15,17,19,38-39H,5,8-9,11-14,16H2,1-4H3,(H,34,35,36). The normalized spacial score (nSPS) is 17.5. The van der Waals surface area contributed by atoms with Gasteiger partial charge in [0.15, 0.2) is 0 Å². The number of fused-ring (bicyclic) bond motifs is 3. The minimum absolute atomic E-state index is 0.0632. The molecule has 0 bridgehead atoms. The fraction of sp³-hybridized carbons (Fsp3) is 0.533. The maximum atomic E-state index is 15.5. The minimum atomic E-state index is -3.77. The molecule has 210 valence electrons. The maximum absolute atomic E-state index is 15.5. The van der Waals surface area contributed by atoms with E-state index in [9.17, 15) is 19.0 Å². The second kappa shape index (κ2) is 10.2. The second-order valence-electron chi connectivity index (χ2n) is 11.5. The Morgan fingerprint density at radius 2 is 1.82 bits per heavy atom. The number of nitrogens with zero attached hydrogens (tertiary/aromatic N) is 3. The van der Waals surface area contributed by atoms with Crippen LogP contribution < -0.4 is 10.2 Å². The summed E-state index contributed by atoms with van der Waals surface area (Å²) < 4.78 is 45.3. The molecule has 2 aromatic carbocycles. The Bertz CT molecular complexity index is 1380. The summed E-state index contributed by atoms with van der Waals surface area (Å²) >= 11 is 0. The summed E-state index contributed by atoms with van der Waals surface area (Å²) in [5, 5.41) is 23.7. The number of aliphatic hydroxyl groups is 2. The van der Waals surface area contributed by atoms with Crippen molar-refractivity contribution in [1.82, 2.24) is 9.97 Å². The van der Waals surface area contributed by atoms with Crippen LogP contribution in [0.1, 0.15) is 74.2 Å². The molecule has 9 heteroatoms. The van der Waals surface area contributed by atoms with Gasteiger partial charge >= 0.3 is 5.92 Å². The highest BCUT2D eigenvalue weighted by Gasteiger charge is 2.49. The summed E-state index contributed by atoms with van der Waals surface area (Å²) in [6.45, 7) is 7.40. The Hall–Kier alpha value is -2.91. The van der Waals surface area contributed by atoms with Gasteiger partial charge < -0.3 is 20.4 Å². The van der Waals surface area contributed by atoms with Crippen LogP contribution in [-0.2, 0) is 18.8 Å². The van der Waals surface area contributed by atoms with Crippen LogP contribution in [0.4, 0.5) is 24.7 Å². The van der Waals surface area contributed by atoms with Gasteiger partial charge in [0, 0.05) is 36.3 Å². The Balaban J connectivity index is 1.55. The van der Waals surface area contributed by atoms with Gasteiger partial charge in [-0.15, -0.1) is 0 Å². The number of halogens is 3. The number of hydrogen-bond acceptors (Lipinski definition) is 6. The predicted molar refractivity (Wildman–Crippen MR) is 147 cm³/mol. The lowest BCUT2D eigenvalue weighted by molar-refractivity contribution is -0.170. The van der Waals surface area contributed by atoms with Crippen molar-refractivity contribution >= 4 is 22.4 Å². The number of aryl methyl sites for hydroxylation is 2. The van der Waals surface area contributed by atoms with Crippen molar-refractivity contribution in [1.29, 1.82) is 0 Å². The number of nitrogens with one attached hydrogen (secondary N) is 1. The topological polar surface area (TPSA) is 81.5 Å². The lowest BCUT2D eigenvalue weighted by Crippen LogP contribution is -2.41. The van der Waals surface area contributed by atoms with Crippen molar-refractivity contribution in [3.63, 3.8) is 0 Å². The molecule has 1 fully saturated rings. The van der Waals surface area contributed by atoms with Crippen LogP contribution in [0.3, 0.4) is 0 Å². The molecule has 0 radical (unpaired) electrons. The van der Waals surface area contributed by atoms with Gasteiger partial charge in [0.1, 0.15) is 23.1 Å². The number of aromatic nitrogens is 2. The third-order valence-electron chi connectivity index (χ3n) is 8.32. The average Bonchev–Trinajstić information content (AvgIpc) is 3.38. The Kier molecular flexibility index (Phi) is 7.26. The molecule has 3 aromatic rings. The van der Waals surface area contributed by atoms with Crippen LogP contribution in [0.2, 0.25) is 0 Å². The second-order valence-corrected chi connectivity index (χ2v) is 11.5. The minimum Gasteiger partial charge on any atom is -0.396 e. The highest BCUT2D eigenvalue weighted by Crippen LogP contribution is 2.43. The lowest BCUT2D eigenvalue weighted by atomic mass is 9.91. The lowest BCUT2D eigenvalue weighted by Gasteiger charge is -2.34. The summed E-state index contributed by atoms with van der Waals surface area (Å²) in [6, 6.07) is 5.31. The molecule has 6 nitrogen and oxygen atoms in total. The SMILES string of the molecule is Cc1nc(NC(C)c2cccc(C(F)(F)C(C)(C)O)c2F)c2cc(N3CCC(CO)CC3)c3c(c2n1)CCC3. The van der Waals surface area contributed by atoms with Crippen LogP contribution in [0.15, 0.2) is 24.3 Å². The van der Waals surface area contributed by atoms with Gasteiger partial charge in [-0.1, -0.05) is 12.1 Å². The monoisotopic (exact) mass is 542 g/mol. The van der Waals surface area contributed by atoms with E-state index in [0.29, 0.717) is 17.6 Å². The highest BCUT2D eigenvalue weighted by molar-refractivity contribution is 5.96. The van der Waals surface area contributed by atoms with Crippen molar-refractivity contribution in [2.45, 2.75) is 77.4 Å². The van der Waals surface area contributed by atoms with Crippen molar-refractivity contribution in [3.05, 3.63) is 58.2 Å². The number of alkyl halides is 2. The summed E-state index contributed by atoms with van der Waals surface area (Å²) in [6.07, 6.45) is 4.81. The number of aliphatic hydroxyl groups excluding tert-OH is 1. The van der Waals surface area contributed by atoms with Crippen LogP contribution >= 0.6 is 0 Å². The average molecular weight is 543 g/mol. The fourth-order valence-corrected chi connectivity index (χ4v) is 5.95. The molecule has 0 spiro atoms. The van der Waals surface area contributed by atoms with Crippen LogP contribution in [0, 0.1) is 18.7 Å². The van der Waals surface area contributed by atoms with E-state index in [1.807, 2.05) is 6.92 Å². The fourth-order valence-electron chi connectivity index (χ4n) is 5.95. The first kappa shape index (κ1) is 27.6. The smallest absolute Gasteiger partial charge is 0.303 e. The van der Waals surface area contributed by atoms with Crippen molar-refractivity contribution in [2.75, 3.05) is 29.9 Å². The first-order valence-corrected chi connectivity index (χ1v) is 13.8. The molecule has 1 aliphatic heterocycles. The predicted octanol–water partition coefficient (Wildman–Crippen LogP) is 5.81. The molecule has 1 aliphatic carbocycles. The van der Waals surface area contributed by atoms with E-state index in [-0.39, 0.29) is 12.2 Å². The molecular weight excluding hydrogens is 505 g/mol. The van der Waals surface area contributed by atoms with Crippen molar-refractivity contribution < 1.29 is 23.4 Å². The largest absolute Gasteiger partial charge is 0.396 e. The number of anilines is 2. The number of piperidine rings is 1. The number of hydrogen-bond donors (Lipinski definition) is 3. The zero-order chi connectivity index (χ0) is 28.1. The van der Waals surface area contributed by atoms with Crippen molar-refractivity contribution in [3.8, 4) is 0 Å². The highest BCUT2D eigenvalue weighted by atomic mass is 19.3. The van der Waals surface area contributed by atoms with Gasteiger partial charge in [-0.2, -0.15) is 8.78 Å². The molecule has 5 rings (SSSR count). The summed E-state index contributed by atoms with van der Waals surface area (Å²) in [5.41, 5.74) is 1.37. The molecule has 1 atom stereocenters. The van der Waals surface area contributed by atoms with E-state index in [0.717, 1.165) is 81.7 Å². The zero-order valence-corrected chi connectivity index (χ0v) is 23.0. The van der Waals surface area contributed by atoms with Crippen LogP contribution in [0.5, 0.6) is 0 Å². The molecule has 0 saturated carbocycles. The quantitative estimate of drug-likeness (QED) is 0.350. The number of rotatable bonds is 7. The third-order valence-corrected chi connectivity index (χ3v) is 8.32. The first-order valence-electron chi connectivity index (χ1n) is 13.8. The molecule has 2 heterocycles. The van der Waals surface area contributed by atoms with Gasteiger partial charge in [0.2, 0.25) is 0 Å². The van der Waals surface area contributed by atoms with Gasteiger partial charge in [0.25, 0.3) is 0 Å². The molecule has 2 aliphatic rings. The molecule has 3 N–H and O–H groups in total.